The van der Waals surface area contributed by atoms with Gasteiger partial charge in [-0.3, -0.25) is 4.79 Å². The van der Waals surface area contributed by atoms with Crippen molar-refractivity contribution in [1.82, 2.24) is 0 Å². The summed E-state index contributed by atoms with van der Waals surface area (Å²) in [4.78, 5) is 10.7. The molecule has 1 saturated carbocycles. The minimum absolute atomic E-state index is 0.462. The molecule has 0 aromatic rings. The highest BCUT2D eigenvalue weighted by Gasteiger charge is 2.14. The lowest BCUT2D eigenvalue weighted by Crippen LogP contribution is -2.11. The third kappa shape index (κ3) is 8.28. The van der Waals surface area contributed by atoms with Crippen LogP contribution in [0.2, 0.25) is 0 Å². The Bertz CT molecular complexity index is 165. The molecule has 14 heavy (non-hydrogen) atoms. The summed E-state index contributed by atoms with van der Waals surface area (Å²) in [5.74, 6) is 1.12. The van der Waals surface area contributed by atoms with Crippen molar-refractivity contribution in [2.24, 2.45) is 11.3 Å². The van der Waals surface area contributed by atoms with Crippen LogP contribution in [0.25, 0.3) is 0 Å². The molecule has 1 heteroatoms. The summed E-state index contributed by atoms with van der Waals surface area (Å²) >= 11 is 0. The summed E-state index contributed by atoms with van der Waals surface area (Å²) in [5, 5.41) is 0. The Morgan fingerprint density at radius 3 is 2.07 bits per heavy atom. The van der Waals surface area contributed by atoms with Crippen molar-refractivity contribution in [3.8, 4) is 0 Å². The molecule has 84 valence electrons. The maximum atomic E-state index is 10.7. The van der Waals surface area contributed by atoms with Crippen LogP contribution in [0.4, 0.5) is 0 Å². The van der Waals surface area contributed by atoms with E-state index in [-0.39, 0.29) is 0 Å². The number of hydrogen-bond acceptors (Lipinski definition) is 1. The van der Waals surface area contributed by atoms with Gasteiger partial charge in [0.15, 0.2) is 0 Å². The van der Waals surface area contributed by atoms with Gasteiger partial charge in [-0.15, -0.1) is 0 Å². The Balaban J connectivity index is 0.000000255. The van der Waals surface area contributed by atoms with Crippen LogP contribution < -0.4 is 0 Å². The molecule has 1 atom stereocenters. The van der Waals surface area contributed by atoms with Gasteiger partial charge in [0.2, 0.25) is 0 Å². The first-order valence-corrected chi connectivity index (χ1v) is 5.87. The van der Waals surface area contributed by atoms with Crippen LogP contribution in [-0.2, 0) is 4.79 Å². The van der Waals surface area contributed by atoms with Gasteiger partial charge in [0.1, 0.15) is 5.78 Å². The minimum Gasteiger partial charge on any atom is -0.300 e. The van der Waals surface area contributed by atoms with Gasteiger partial charge in [0, 0.05) is 12.8 Å². The van der Waals surface area contributed by atoms with Crippen molar-refractivity contribution in [2.75, 3.05) is 0 Å². The normalized spacial score (nSPS) is 22.6. The smallest absolute Gasteiger partial charge is 0.133 e. The molecule has 1 fully saturated rings. The number of ketones is 1. The van der Waals surface area contributed by atoms with Crippen LogP contribution >= 0.6 is 0 Å². The summed E-state index contributed by atoms with van der Waals surface area (Å²) in [6, 6.07) is 0. The standard InChI is InChI=1S/C7H12O.C6H14/c1-6-3-2-4-7(8)5-6;1-5-6(2,3)4/h6H,2-5H2,1H3;5H2,1-4H3. The van der Waals surface area contributed by atoms with Gasteiger partial charge in [-0.1, -0.05) is 41.0 Å². The number of carbonyl (C=O) groups excluding carboxylic acids is 1. The molecule has 0 bridgehead atoms. The fourth-order valence-corrected chi connectivity index (χ4v) is 1.24. The molecule has 1 aliphatic rings. The first-order valence-electron chi connectivity index (χ1n) is 5.87. The summed E-state index contributed by atoms with van der Waals surface area (Å²) < 4.78 is 0. The van der Waals surface area contributed by atoms with Crippen LogP contribution in [-0.4, -0.2) is 5.78 Å². The number of rotatable bonds is 0. The summed E-state index contributed by atoms with van der Waals surface area (Å²) in [5.41, 5.74) is 0.542. The Labute approximate surface area is 89.3 Å². The van der Waals surface area contributed by atoms with Crippen LogP contribution in [0, 0.1) is 11.3 Å². The van der Waals surface area contributed by atoms with Gasteiger partial charge in [-0.2, -0.15) is 0 Å². The van der Waals surface area contributed by atoms with Crippen LogP contribution in [0.3, 0.4) is 0 Å². The molecule has 0 aromatic carbocycles. The van der Waals surface area contributed by atoms with Gasteiger partial charge in [0.25, 0.3) is 0 Å². The summed E-state index contributed by atoms with van der Waals surface area (Å²) in [7, 11) is 0. The van der Waals surface area contributed by atoms with Crippen molar-refractivity contribution < 1.29 is 4.79 Å². The van der Waals surface area contributed by atoms with E-state index in [1.165, 1.54) is 12.8 Å². The van der Waals surface area contributed by atoms with E-state index in [0.717, 1.165) is 19.3 Å². The number of Topliss-reactive ketones (excluding diaryl/α,β-unsaturated/α-hetero) is 1. The molecule has 1 nitrogen and oxygen atoms in total. The molecular weight excluding hydrogens is 172 g/mol. The molecule has 0 saturated heterocycles. The van der Waals surface area contributed by atoms with Gasteiger partial charge >= 0.3 is 0 Å². The molecule has 1 rings (SSSR count). The first-order chi connectivity index (χ1) is 6.35. The zero-order chi connectivity index (χ0) is 11.2. The number of carbonyl (C=O) groups is 1. The molecule has 0 aliphatic heterocycles. The Kier molecular flexibility index (Phi) is 6.06. The van der Waals surface area contributed by atoms with Gasteiger partial charge in [-0.05, 0) is 24.2 Å². The zero-order valence-electron chi connectivity index (χ0n) is 10.5. The largest absolute Gasteiger partial charge is 0.300 e. The fourth-order valence-electron chi connectivity index (χ4n) is 1.24. The first kappa shape index (κ1) is 13.7. The number of hydrogen-bond donors (Lipinski definition) is 0. The average Bonchev–Trinajstić information content (AvgIpc) is 2.03. The second kappa shape index (κ2) is 6.21. The predicted molar refractivity (Wildman–Crippen MR) is 62.4 cm³/mol. The van der Waals surface area contributed by atoms with Gasteiger partial charge in [0.05, 0.1) is 0 Å². The van der Waals surface area contributed by atoms with E-state index in [0.29, 0.717) is 17.1 Å². The van der Waals surface area contributed by atoms with Crippen LogP contribution in [0.15, 0.2) is 0 Å². The van der Waals surface area contributed by atoms with E-state index >= 15 is 0 Å². The van der Waals surface area contributed by atoms with Crippen LogP contribution in [0.1, 0.15) is 66.7 Å². The third-order valence-electron chi connectivity index (χ3n) is 2.79. The lowest BCUT2D eigenvalue weighted by Gasteiger charge is -2.14. The SMILES string of the molecule is CC1CCCC(=O)C1.CCC(C)(C)C. The van der Waals surface area contributed by atoms with E-state index in [4.69, 9.17) is 0 Å². The molecule has 0 heterocycles. The topological polar surface area (TPSA) is 17.1 Å². The Morgan fingerprint density at radius 2 is 1.86 bits per heavy atom. The molecule has 0 radical (unpaired) electrons. The Hall–Kier alpha value is -0.330. The molecule has 0 N–H and O–H groups in total. The van der Waals surface area contributed by atoms with E-state index in [9.17, 15) is 4.79 Å². The predicted octanol–water partition coefficient (Wildman–Crippen LogP) is 4.21. The van der Waals surface area contributed by atoms with E-state index < -0.39 is 0 Å². The summed E-state index contributed by atoms with van der Waals surface area (Å²) in [6.45, 7) is 11.1. The molecule has 0 spiro atoms. The second-order valence-corrected chi connectivity index (χ2v) is 5.65. The summed E-state index contributed by atoms with van der Waals surface area (Å²) in [6.07, 6.45) is 5.32. The quantitative estimate of drug-likeness (QED) is 0.570. The van der Waals surface area contributed by atoms with Crippen LogP contribution in [0.5, 0.6) is 0 Å². The zero-order valence-corrected chi connectivity index (χ0v) is 10.5. The maximum Gasteiger partial charge on any atom is 0.133 e. The van der Waals surface area contributed by atoms with Gasteiger partial charge < -0.3 is 0 Å². The monoisotopic (exact) mass is 198 g/mol. The van der Waals surface area contributed by atoms with E-state index in [1.54, 1.807) is 0 Å². The molecular formula is C13H26O. The highest BCUT2D eigenvalue weighted by molar-refractivity contribution is 5.79. The van der Waals surface area contributed by atoms with Crippen molar-refractivity contribution in [3.63, 3.8) is 0 Å². The third-order valence-corrected chi connectivity index (χ3v) is 2.79. The fraction of sp³-hybridized carbons (Fsp3) is 0.923. The molecule has 0 aromatic heterocycles. The lowest BCUT2D eigenvalue weighted by molar-refractivity contribution is -0.121. The van der Waals surface area contributed by atoms with Crippen molar-refractivity contribution in [1.29, 1.82) is 0 Å². The molecule has 1 aliphatic carbocycles. The van der Waals surface area contributed by atoms with E-state index in [1.807, 2.05) is 0 Å². The highest BCUT2D eigenvalue weighted by atomic mass is 16.1. The average molecular weight is 198 g/mol. The van der Waals surface area contributed by atoms with Crippen molar-refractivity contribution >= 4 is 5.78 Å². The second-order valence-electron chi connectivity index (χ2n) is 5.65. The Morgan fingerprint density at radius 1 is 1.36 bits per heavy atom. The molecule has 1 unspecified atom stereocenters. The van der Waals surface area contributed by atoms with Gasteiger partial charge in [-0.25, -0.2) is 0 Å². The maximum absolute atomic E-state index is 10.7. The van der Waals surface area contributed by atoms with Crippen molar-refractivity contribution in [2.45, 2.75) is 66.7 Å². The van der Waals surface area contributed by atoms with E-state index in [2.05, 4.69) is 34.6 Å². The minimum atomic E-state index is 0.462. The highest BCUT2D eigenvalue weighted by Crippen LogP contribution is 2.19. The lowest BCUT2D eigenvalue weighted by atomic mass is 9.90. The van der Waals surface area contributed by atoms with Crippen molar-refractivity contribution in [3.05, 3.63) is 0 Å². The molecule has 0 amide bonds.